The van der Waals surface area contributed by atoms with Gasteiger partial charge in [0.1, 0.15) is 5.58 Å². The van der Waals surface area contributed by atoms with Crippen LogP contribution in [0.3, 0.4) is 0 Å². The number of para-hydroxylation sites is 1. The Morgan fingerprint density at radius 2 is 1.89 bits per heavy atom. The Bertz CT molecular complexity index is 1020. The molecule has 0 aliphatic carbocycles. The molecule has 1 heterocycles. The number of hydrogen-bond donors (Lipinski definition) is 1. The number of aryl methyl sites for hydroxylation is 1. The van der Waals surface area contributed by atoms with Gasteiger partial charge >= 0.3 is 12.1 Å². The average molecular weight is 391 g/mol. The SMILES string of the molecule is Cc1ccc2c(CC(=O)OCC(=O)Nc3ccccc3C(F)(F)F)coc2c1. The maximum atomic E-state index is 12.9. The van der Waals surface area contributed by atoms with Gasteiger partial charge in [0.25, 0.3) is 5.91 Å². The van der Waals surface area contributed by atoms with Crippen molar-refractivity contribution in [2.45, 2.75) is 19.5 Å². The predicted octanol–water partition coefficient (Wildman–Crippen LogP) is 4.48. The van der Waals surface area contributed by atoms with Crippen LogP contribution in [0.15, 0.2) is 53.1 Å². The zero-order valence-corrected chi connectivity index (χ0v) is 14.8. The van der Waals surface area contributed by atoms with Gasteiger partial charge in [-0.25, -0.2) is 0 Å². The molecule has 146 valence electrons. The molecule has 0 atom stereocenters. The molecule has 1 N–H and O–H groups in total. The summed E-state index contributed by atoms with van der Waals surface area (Å²) in [6.45, 7) is 1.21. The molecule has 1 aromatic heterocycles. The molecule has 0 aliphatic heterocycles. The van der Waals surface area contributed by atoms with E-state index in [1.807, 2.05) is 25.1 Å². The second-order valence-electron chi connectivity index (χ2n) is 6.19. The van der Waals surface area contributed by atoms with Gasteiger partial charge in [0.15, 0.2) is 6.61 Å². The van der Waals surface area contributed by atoms with Crippen LogP contribution in [-0.4, -0.2) is 18.5 Å². The fraction of sp³-hybridized carbons (Fsp3) is 0.200. The van der Waals surface area contributed by atoms with Crippen molar-refractivity contribution in [2.24, 2.45) is 0 Å². The lowest BCUT2D eigenvalue weighted by Gasteiger charge is -2.13. The fourth-order valence-corrected chi connectivity index (χ4v) is 2.71. The molecule has 3 rings (SSSR count). The van der Waals surface area contributed by atoms with Gasteiger partial charge in [-0.2, -0.15) is 13.2 Å². The number of amides is 1. The van der Waals surface area contributed by atoms with Crippen molar-refractivity contribution < 1.29 is 31.9 Å². The summed E-state index contributed by atoms with van der Waals surface area (Å²) in [4.78, 5) is 23.9. The number of ether oxygens (including phenoxy) is 1. The summed E-state index contributed by atoms with van der Waals surface area (Å²) in [5, 5.41) is 2.87. The van der Waals surface area contributed by atoms with E-state index >= 15 is 0 Å². The van der Waals surface area contributed by atoms with Gasteiger partial charge in [-0.1, -0.05) is 24.3 Å². The van der Waals surface area contributed by atoms with E-state index in [1.165, 1.54) is 18.4 Å². The average Bonchev–Trinajstić information content (AvgIpc) is 3.01. The lowest BCUT2D eigenvalue weighted by molar-refractivity contribution is -0.146. The van der Waals surface area contributed by atoms with Crippen LogP contribution >= 0.6 is 0 Å². The number of furan rings is 1. The minimum atomic E-state index is -4.61. The number of rotatable bonds is 5. The molecule has 0 saturated carbocycles. The van der Waals surface area contributed by atoms with Gasteiger partial charge in [0.2, 0.25) is 0 Å². The second kappa shape index (κ2) is 7.75. The summed E-state index contributed by atoms with van der Waals surface area (Å²) >= 11 is 0. The molecule has 0 bridgehead atoms. The van der Waals surface area contributed by atoms with Gasteiger partial charge in [-0.15, -0.1) is 0 Å². The molecule has 0 saturated heterocycles. The molecule has 5 nitrogen and oxygen atoms in total. The van der Waals surface area contributed by atoms with Crippen LogP contribution in [-0.2, 0) is 26.9 Å². The number of benzene rings is 2. The van der Waals surface area contributed by atoms with Gasteiger partial charge < -0.3 is 14.5 Å². The van der Waals surface area contributed by atoms with E-state index in [-0.39, 0.29) is 6.42 Å². The molecule has 0 unspecified atom stereocenters. The van der Waals surface area contributed by atoms with E-state index in [4.69, 9.17) is 9.15 Å². The van der Waals surface area contributed by atoms with Crippen molar-refractivity contribution in [1.82, 2.24) is 0 Å². The van der Waals surface area contributed by atoms with Gasteiger partial charge in [-0.05, 0) is 30.7 Å². The van der Waals surface area contributed by atoms with Crippen molar-refractivity contribution in [3.63, 3.8) is 0 Å². The lowest BCUT2D eigenvalue weighted by atomic mass is 10.1. The monoisotopic (exact) mass is 391 g/mol. The Kier molecular flexibility index (Phi) is 5.39. The zero-order valence-electron chi connectivity index (χ0n) is 14.8. The van der Waals surface area contributed by atoms with E-state index in [1.54, 1.807) is 0 Å². The number of halogens is 3. The number of hydrogen-bond acceptors (Lipinski definition) is 4. The van der Waals surface area contributed by atoms with Gasteiger partial charge in [-0.3, -0.25) is 9.59 Å². The van der Waals surface area contributed by atoms with Crippen molar-refractivity contribution in [1.29, 1.82) is 0 Å². The van der Waals surface area contributed by atoms with Gasteiger partial charge in [0.05, 0.1) is 23.9 Å². The summed E-state index contributed by atoms with van der Waals surface area (Å²) in [6.07, 6.45) is -3.30. The Labute approximate surface area is 158 Å². The summed E-state index contributed by atoms with van der Waals surface area (Å²) in [5.41, 5.74) is 0.862. The molecule has 3 aromatic rings. The smallest absolute Gasteiger partial charge is 0.418 e. The van der Waals surface area contributed by atoms with Crippen molar-refractivity contribution in [3.05, 3.63) is 65.4 Å². The van der Waals surface area contributed by atoms with E-state index in [0.717, 1.165) is 23.1 Å². The van der Waals surface area contributed by atoms with E-state index < -0.39 is 35.9 Å². The quantitative estimate of drug-likeness (QED) is 0.651. The molecule has 0 radical (unpaired) electrons. The highest BCUT2D eigenvalue weighted by Gasteiger charge is 2.33. The number of fused-ring (bicyclic) bond motifs is 1. The minimum absolute atomic E-state index is 0.123. The molecule has 0 fully saturated rings. The van der Waals surface area contributed by atoms with E-state index in [2.05, 4.69) is 5.32 Å². The standard InChI is InChI=1S/C20H16F3NO4/c1-12-6-7-14-13(10-27-17(14)8-12)9-19(26)28-11-18(25)24-16-5-3-2-4-15(16)20(21,22)23/h2-8,10H,9,11H2,1H3,(H,24,25). The van der Waals surface area contributed by atoms with Crippen LogP contribution in [0.1, 0.15) is 16.7 Å². The summed E-state index contributed by atoms with van der Waals surface area (Å²) in [6, 6.07) is 10.1. The zero-order chi connectivity index (χ0) is 20.3. The van der Waals surface area contributed by atoms with Crippen LogP contribution < -0.4 is 5.32 Å². The van der Waals surface area contributed by atoms with Crippen LogP contribution in [0.5, 0.6) is 0 Å². The number of carbonyl (C=O) groups is 2. The Morgan fingerprint density at radius 1 is 1.14 bits per heavy atom. The number of nitrogens with one attached hydrogen (secondary N) is 1. The highest BCUT2D eigenvalue weighted by atomic mass is 19.4. The predicted molar refractivity (Wildman–Crippen MR) is 95.7 cm³/mol. The first-order chi connectivity index (χ1) is 13.2. The topological polar surface area (TPSA) is 68.5 Å². The molecule has 0 aliphatic rings. The molecular weight excluding hydrogens is 375 g/mol. The number of alkyl halides is 3. The third kappa shape index (κ3) is 4.51. The van der Waals surface area contributed by atoms with E-state index in [9.17, 15) is 22.8 Å². The Morgan fingerprint density at radius 3 is 2.64 bits per heavy atom. The summed E-state index contributed by atoms with van der Waals surface area (Å²) in [7, 11) is 0. The molecular formula is C20H16F3NO4. The summed E-state index contributed by atoms with van der Waals surface area (Å²) in [5.74, 6) is -1.56. The van der Waals surface area contributed by atoms with Crippen LogP contribution in [0.2, 0.25) is 0 Å². The minimum Gasteiger partial charge on any atom is -0.464 e. The molecule has 0 spiro atoms. The number of anilines is 1. The van der Waals surface area contributed by atoms with Crippen molar-refractivity contribution in [2.75, 3.05) is 11.9 Å². The first-order valence-electron chi connectivity index (χ1n) is 8.32. The maximum absolute atomic E-state index is 12.9. The highest BCUT2D eigenvalue weighted by molar-refractivity contribution is 5.94. The number of carbonyl (C=O) groups excluding carboxylic acids is 2. The maximum Gasteiger partial charge on any atom is 0.418 e. The normalized spacial score (nSPS) is 11.4. The van der Waals surface area contributed by atoms with Crippen LogP contribution in [0, 0.1) is 6.92 Å². The first-order valence-corrected chi connectivity index (χ1v) is 8.32. The fourth-order valence-electron chi connectivity index (χ4n) is 2.71. The lowest BCUT2D eigenvalue weighted by Crippen LogP contribution is -2.23. The number of esters is 1. The Balaban J connectivity index is 1.58. The largest absolute Gasteiger partial charge is 0.464 e. The van der Waals surface area contributed by atoms with Gasteiger partial charge in [0, 0.05) is 10.9 Å². The Hall–Kier alpha value is -3.29. The van der Waals surface area contributed by atoms with Crippen LogP contribution in [0.25, 0.3) is 11.0 Å². The second-order valence-corrected chi connectivity index (χ2v) is 6.19. The third-order valence-electron chi connectivity index (χ3n) is 4.02. The third-order valence-corrected chi connectivity index (χ3v) is 4.02. The molecule has 28 heavy (non-hydrogen) atoms. The molecule has 2 aromatic carbocycles. The molecule has 1 amide bonds. The summed E-state index contributed by atoms with van der Waals surface area (Å²) < 4.78 is 49.1. The van der Waals surface area contributed by atoms with Crippen molar-refractivity contribution >= 4 is 28.5 Å². The van der Waals surface area contributed by atoms with E-state index in [0.29, 0.717) is 11.1 Å². The first kappa shape index (κ1) is 19.5. The van der Waals surface area contributed by atoms with Crippen LogP contribution in [0.4, 0.5) is 18.9 Å². The highest BCUT2D eigenvalue weighted by Crippen LogP contribution is 2.34. The van der Waals surface area contributed by atoms with Crippen molar-refractivity contribution in [3.8, 4) is 0 Å². The molecule has 8 heteroatoms.